The van der Waals surface area contributed by atoms with Gasteiger partial charge in [-0.3, -0.25) is 10.0 Å². The van der Waals surface area contributed by atoms with E-state index in [1.165, 1.54) is 31.8 Å². The summed E-state index contributed by atoms with van der Waals surface area (Å²) in [6, 6.07) is 73.5. The maximum absolute atomic E-state index is 10.7. The third-order valence-electron chi connectivity index (χ3n) is 7.51. The Balaban J connectivity index is 0.000000172. The Labute approximate surface area is 306 Å². The summed E-state index contributed by atoms with van der Waals surface area (Å²) in [7, 11) is -1.75. The van der Waals surface area contributed by atoms with E-state index in [1.807, 2.05) is 0 Å². The van der Waals surface area contributed by atoms with Crippen molar-refractivity contribution in [2.45, 2.75) is 0 Å². The molecule has 0 radical (unpaired) electrons. The number of hydrogen-bond donors (Lipinski definition) is 2. The summed E-state index contributed by atoms with van der Waals surface area (Å²) in [5, 5.41) is 16.8. The quantitative estimate of drug-likeness (QED) is 0.102. The van der Waals surface area contributed by atoms with Gasteiger partial charge in [-0.1, -0.05) is 127 Å². The van der Waals surface area contributed by atoms with Gasteiger partial charge in [-0.25, -0.2) is 5.48 Å². The minimum absolute atomic E-state index is 0. The summed E-state index contributed by atoms with van der Waals surface area (Å²) < 4.78 is 0. The maximum Gasteiger partial charge on any atom is 0.274 e. The molecule has 0 bridgehead atoms. The molecule has 0 unspecified atom stereocenters. The van der Waals surface area contributed by atoms with E-state index < -0.39 is 21.8 Å². The number of hydroxylamine groups is 1. The van der Waals surface area contributed by atoms with Gasteiger partial charge in [-0.15, -0.1) is 0 Å². The monoisotopic (exact) mass is 858 g/mol. The van der Waals surface area contributed by atoms with E-state index in [2.05, 4.69) is 182 Å². The van der Waals surface area contributed by atoms with Crippen LogP contribution in [0.25, 0.3) is 0 Å². The van der Waals surface area contributed by atoms with Crippen LogP contribution in [0.15, 0.2) is 212 Å². The van der Waals surface area contributed by atoms with E-state index >= 15 is 0 Å². The van der Waals surface area contributed by atoms with Gasteiger partial charge in [0.2, 0.25) is 0 Å². The molecule has 2 N–H and O–H groups in total. The van der Waals surface area contributed by atoms with Gasteiger partial charge in [0, 0.05) is 26.6 Å². The van der Waals surface area contributed by atoms with Crippen molar-refractivity contribution >= 4 is 53.6 Å². The molecule has 0 fully saturated rings. The Bertz CT molecular complexity index is 1600. The second-order valence-corrected chi connectivity index (χ2v) is 15.7. The maximum atomic E-state index is 10.7. The molecule has 7 rings (SSSR count). The van der Waals surface area contributed by atoms with Crippen LogP contribution < -0.4 is 37.3 Å². The smallest absolute Gasteiger partial charge is 0.274 e. The van der Waals surface area contributed by atoms with Crippen LogP contribution in [-0.2, 0) is 21.1 Å². The van der Waals surface area contributed by atoms with E-state index in [0.29, 0.717) is 5.56 Å². The zero-order valence-electron chi connectivity index (χ0n) is 26.9. The third kappa shape index (κ3) is 11.3. The van der Waals surface area contributed by atoms with Crippen molar-refractivity contribution < 1.29 is 31.1 Å². The number of carbonyl (C=O) groups is 1. The molecule has 0 heterocycles. The Morgan fingerprint density at radius 1 is 0.347 bits per heavy atom. The number of amides is 1. The van der Waals surface area contributed by atoms with Crippen LogP contribution in [0.4, 0.5) is 0 Å². The average Bonchev–Trinajstić information content (AvgIpc) is 3.18. The first kappa shape index (κ1) is 37.3. The van der Waals surface area contributed by atoms with Crippen molar-refractivity contribution in [1.82, 2.24) is 5.48 Å². The fourth-order valence-electron chi connectivity index (χ4n) is 5.28. The molecule has 49 heavy (non-hydrogen) atoms. The second kappa shape index (κ2) is 20.8. The van der Waals surface area contributed by atoms with Crippen molar-refractivity contribution in [3.05, 3.63) is 218 Å². The molecule has 0 saturated heterocycles. The van der Waals surface area contributed by atoms with Gasteiger partial charge in [-0.2, -0.15) is 0 Å². The van der Waals surface area contributed by atoms with Crippen LogP contribution in [-0.4, -0.2) is 11.1 Å². The topological polar surface area (TPSA) is 49.3 Å². The molecule has 7 aromatic carbocycles. The molecule has 246 valence electrons. The fraction of sp³-hybridized carbons (Fsp3) is 0. The third-order valence-corrected chi connectivity index (χ3v) is 13.0. The van der Waals surface area contributed by atoms with Crippen LogP contribution in [0.5, 0.6) is 0 Å². The molecule has 0 aliphatic heterocycles. The van der Waals surface area contributed by atoms with E-state index in [1.54, 1.807) is 35.8 Å². The number of benzene rings is 7. The summed E-state index contributed by atoms with van der Waals surface area (Å²) in [4.78, 5) is 10.7. The van der Waals surface area contributed by atoms with E-state index in [0.717, 1.165) is 0 Å². The van der Waals surface area contributed by atoms with Crippen molar-refractivity contribution in [2.24, 2.45) is 0 Å². The molecule has 0 saturated carbocycles. The normalized spacial score (nSPS) is 10.0. The van der Waals surface area contributed by atoms with Crippen LogP contribution in [0.2, 0.25) is 0 Å². The average molecular weight is 859 g/mol. The molecule has 0 atom stereocenters. The van der Waals surface area contributed by atoms with Gasteiger partial charge in [0.25, 0.3) is 5.91 Å². The van der Waals surface area contributed by atoms with Crippen molar-refractivity contribution in [1.29, 1.82) is 0 Å². The van der Waals surface area contributed by atoms with Gasteiger partial charge in [0.15, 0.2) is 0 Å². The molecule has 0 aliphatic rings. The largest absolute Gasteiger partial charge is 0.288 e. The minimum atomic E-state index is -0.877. The van der Waals surface area contributed by atoms with Crippen LogP contribution in [0, 0.1) is 0 Å². The van der Waals surface area contributed by atoms with Gasteiger partial charge in [0.05, 0.1) is 15.8 Å². The first-order valence-corrected chi connectivity index (χ1v) is 18.8. The SMILES string of the molecule is O=C(NO)c1ccccc1.[Pt].c1ccc([PH+](c2ccccc2)c2ccccc2)cc1.c1ccc([PH+](c2ccccc2)c2ccccc2)cc1. The predicted molar refractivity (Wildman–Crippen MR) is 209 cm³/mol. The fourth-order valence-corrected chi connectivity index (χ4v) is 10.4. The van der Waals surface area contributed by atoms with Gasteiger partial charge in [0.1, 0.15) is 31.8 Å². The molecule has 3 nitrogen and oxygen atoms in total. The summed E-state index contributed by atoms with van der Waals surface area (Å²) >= 11 is 0. The number of carbonyl (C=O) groups excluding carboxylic acids is 1. The van der Waals surface area contributed by atoms with Gasteiger partial charge < -0.3 is 0 Å². The Kier molecular flexibility index (Phi) is 15.8. The van der Waals surface area contributed by atoms with Crippen molar-refractivity contribution in [3.63, 3.8) is 0 Å². The van der Waals surface area contributed by atoms with Crippen LogP contribution in [0.3, 0.4) is 0 Å². The van der Waals surface area contributed by atoms with Crippen molar-refractivity contribution in [2.75, 3.05) is 0 Å². The summed E-state index contributed by atoms with van der Waals surface area (Å²) in [5.41, 5.74) is 1.99. The molecular formula is C43H39NO2P2Pt+2. The van der Waals surface area contributed by atoms with E-state index in [4.69, 9.17) is 5.21 Å². The van der Waals surface area contributed by atoms with Gasteiger partial charge in [-0.05, 0) is 84.9 Å². The van der Waals surface area contributed by atoms with E-state index in [9.17, 15) is 4.79 Å². The molecule has 7 aromatic rings. The Morgan fingerprint density at radius 2 is 0.531 bits per heavy atom. The number of rotatable bonds is 7. The van der Waals surface area contributed by atoms with Crippen molar-refractivity contribution in [3.8, 4) is 0 Å². The zero-order valence-corrected chi connectivity index (χ0v) is 31.2. The Hall–Kier alpha value is -4.48. The van der Waals surface area contributed by atoms with Crippen LogP contribution >= 0.6 is 15.8 Å². The number of nitrogens with one attached hydrogen (secondary N) is 1. The summed E-state index contributed by atoms with van der Waals surface area (Å²) in [6.07, 6.45) is 0. The first-order chi connectivity index (χ1) is 23.7. The molecule has 0 spiro atoms. The number of hydrogen-bond acceptors (Lipinski definition) is 2. The minimum Gasteiger partial charge on any atom is -0.288 e. The molecule has 0 aromatic heterocycles. The molecule has 1 amide bonds. The standard InChI is InChI=1S/2C18H15P.C7H7NO2.Pt/c2*1-4-10-16(11-5-1)19(17-12-6-2-7-13-17)18-14-8-3-9-15-18;9-7(8-10)6-4-2-1-3-5-6;/h2*1-15H;1-5,10H,(H,8,9);/p+2. The summed E-state index contributed by atoms with van der Waals surface area (Å²) in [5.74, 6) is -0.486. The van der Waals surface area contributed by atoms with Crippen LogP contribution in [0.1, 0.15) is 10.4 Å². The first-order valence-electron chi connectivity index (χ1n) is 15.8. The van der Waals surface area contributed by atoms with Gasteiger partial charge >= 0.3 is 0 Å². The predicted octanol–water partition coefficient (Wildman–Crippen LogP) is 7.16. The molecule has 6 heteroatoms. The molecule has 0 aliphatic carbocycles. The van der Waals surface area contributed by atoms with E-state index in [-0.39, 0.29) is 21.1 Å². The zero-order chi connectivity index (χ0) is 33.2. The summed E-state index contributed by atoms with van der Waals surface area (Å²) in [6.45, 7) is 0. The molecular weight excluding hydrogens is 820 g/mol. The Morgan fingerprint density at radius 3 is 0.714 bits per heavy atom. The second-order valence-electron chi connectivity index (χ2n) is 10.8.